The van der Waals surface area contributed by atoms with Crippen LogP contribution in [0.2, 0.25) is 0 Å². The molecule has 0 radical (unpaired) electrons. The molecule has 0 fully saturated rings. The van der Waals surface area contributed by atoms with Crippen molar-refractivity contribution in [1.82, 2.24) is 9.55 Å². The van der Waals surface area contributed by atoms with Gasteiger partial charge in [0.2, 0.25) is 11.5 Å². The van der Waals surface area contributed by atoms with Crippen LogP contribution in [0.25, 0.3) is 0 Å². The summed E-state index contributed by atoms with van der Waals surface area (Å²) in [6.45, 7) is 3.57. The molecule has 1 aromatic carbocycles. The molecule has 0 aliphatic rings. The number of hydrogen-bond acceptors (Lipinski definition) is 3. The lowest BCUT2D eigenvalue weighted by molar-refractivity contribution is -0.270. The van der Waals surface area contributed by atoms with Crippen LogP contribution in [0.1, 0.15) is 23.4 Å². The van der Waals surface area contributed by atoms with Crippen LogP contribution < -0.4 is 5.32 Å². The highest BCUT2D eigenvalue weighted by molar-refractivity contribution is 5.92. The van der Waals surface area contributed by atoms with Crippen molar-refractivity contribution in [2.24, 2.45) is 7.05 Å². The van der Waals surface area contributed by atoms with Crippen LogP contribution in [-0.2, 0) is 17.4 Å². The second-order valence-electron chi connectivity index (χ2n) is 5.69. The van der Waals surface area contributed by atoms with Gasteiger partial charge in [-0.25, -0.2) is 4.98 Å². The molecule has 24 heavy (non-hydrogen) atoms. The van der Waals surface area contributed by atoms with Crippen molar-refractivity contribution < 1.29 is 23.1 Å². The minimum Gasteiger partial charge on any atom is -0.374 e. The number of hydrogen-bond donors (Lipinski definition) is 2. The molecule has 0 aliphatic carbocycles. The van der Waals surface area contributed by atoms with Crippen molar-refractivity contribution in [3.8, 4) is 0 Å². The van der Waals surface area contributed by atoms with E-state index in [1.165, 1.54) is 13.2 Å². The summed E-state index contributed by atoms with van der Waals surface area (Å²) < 4.78 is 41.3. The number of nitrogens with zero attached hydrogens (tertiary/aromatic N) is 2. The second-order valence-corrected chi connectivity index (χ2v) is 5.69. The third-order valence-corrected chi connectivity index (χ3v) is 3.96. The third-order valence-electron chi connectivity index (χ3n) is 3.96. The number of imidazole rings is 1. The highest BCUT2D eigenvalue weighted by atomic mass is 19.4. The standard InChI is InChI=1S/C16H18F3N3O2/c1-10-5-4-6-12(11(10)2)21-13(23)9-15(24,16(17,18)19)14-20-7-8-22(14)3/h4-8,24H,9H2,1-3H3,(H,21,23)/t15-/m0/s1. The lowest BCUT2D eigenvalue weighted by atomic mass is 9.97. The zero-order valence-corrected chi connectivity index (χ0v) is 13.5. The fraction of sp³-hybridized carbons (Fsp3) is 0.375. The van der Waals surface area contributed by atoms with Gasteiger partial charge in [0.25, 0.3) is 0 Å². The van der Waals surface area contributed by atoms with E-state index in [1.807, 2.05) is 13.0 Å². The molecule has 8 heteroatoms. The van der Waals surface area contributed by atoms with E-state index in [-0.39, 0.29) is 0 Å². The molecule has 1 heterocycles. The van der Waals surface area contributed by atoms with Crippen molar-refractivity contribution >= 4 is 11.6 Å². The molecule has 2 rings (SSSR count). The quantitative estimate of drug-likeness (QED) is 0.899. The van der Waals surface area contributed by atoms with Crippen LogP contribution in [0.4, 0.5) is 18.9 Å². The average Bonchev–Trinajstić information content (AvgIpc) is 2.89. The van der Waals surface area contributed by atoms with E-state index in [0.717, 1.165) is 21.9 Å². The molecule has 0 saturated heterocycles. The first kappa shape index (κ1) is 18.0. The van der Waals surface area contributed by atoms with E-state index < -0.39 is 29.9 Å². The molecule has 5 nitrogen and oxygen atoms in total. The summed E-state index contributed by atoms with van der Waals surface area (Å²) >= 11 is 0. The van der Waals surface area contributed by atoms with Gasteiger partial charge in [0.05, 0.1) is 6.42 Å². The van der Waals surface area contributed by atoms with Gasteiger partial charge in [-0.3, -0.25) is 4.79 Å². The Labute approximate surface area is 137 Å². The van der Waals surface area contributed by atoms with E-state index in [9.17, 15) is 23.1 Å². The maximum absolute atomic E-state index is 13.4. The summed E-state index contributed by atoms with van der Waals surface area (Å²) in [6.07, 6.45) is -3.83. The number of nitrogens with one attached hydrogen (secondary N) is 1. The first-order valence-electron chi connectivity index (χ1n) is 7.19. The Bertz CT molecular complexity index is 755. The first-order valence-corrected chi connectivity index (χ1v) is 7.19. The summed E-state index contributed by atoms with van der Waals surface area (Å²) in [6, 6.07) is 5.10. The summed E-state index contributed by atoms with van der Waals surface area (Å²) in [5, 5.41) is 12.6. The Balaban J connectivity index is 2.29. The highest BCUT2D eigenvalue weighted by Gasteiger charge is 2.58. The molecule has 0 aliphatic heterocycles. The van der Waals surface area contributed by atoms with E-state index in [2.05, 4.69) is 10.3 Å². The van der Waals surface area contributed by atoms with Gasteiger partial charge in [0, 0.05) is 25.1 Å². The molecule has 1 atom stereocenters. The molecule has 0 unspecified atom stereocenters. The van der Waals surface area contributed by atoms with Crippen LogP contribution >= 0.6 is 0 Å². The fourth-order valence-electron chi connectivity index (χ4n) is 2.38. The van der Waals surface area contributed by atoms with Gasteiger partial charge in [-0.05, 0) is 31.0 Å². The molecule has 0 saturated carbocycles. The van der Waals surface area contributed by atoms with Crippen LogP contribution in [0.5, 0.6) is 0 Å². The number of halogens is 3. The summed E-state index contributed by atoms with van der Waals surface area (Å²) in [5.74, 6) is -1.59. The van der Waals surface area contributed by atoms with Gasteiger partial charge in [-0.1, -0.05) is 12.1 Å². The zero-order valence-electron chi connectivity index (χ0n) is 13.5. The number of carbonyl (C=O) groups is 1. The molecule has 2 N–H and O–H groups in total. The maximum Gasteiger partial charge on any atom is 0.425 e. The minimum absolute atomic E-state index is 0.407. The lowest BCUT2D eigenvalue weighted by Gasteiger charge is -2.29. The zero-order chi connectivity index (χ0) is 18.1. The molecular weight excluding hydrogens is 323 g/mol. The predicted octanol–water partition coefficient (Wildman–Crippen LogP) is 2.82. The number of aryl methyl sites for hydroxylation is 2. The molecule has 0 bridgehead atoms. The van der Waals surface area contributed by atoms with Gasteiger partial charge < -0.3 is 15.0 Å². The number of anilines is 1. The van der Waals surface area contributed by atoms with Crippen LogP contribution in [0, 0.1) is 13.8 Å². The molecule has 1 amide bonds. The van der Waals surface area contributed by atoms with Crippen molar-refractivity contribution in [2.45, 2.75) is 32.0 Å². The second kappa shape index (κ2) is 6.27. The molecule has 1 aromatic heterocycles. The van der Waals surface area contributed by atoms with Gasteiger partial charge >= 0.3 is 6.18 Å². The van der Waals surface area contributed by atoms with E-state index in [4.69, 9.17) is 0 Å². The fourth-order valence-corrected chi connectivity index (χ4v) is 2.38. The van der Waals surface area contributed by atoms with Crippen LogP contribution in [-0.4, -0.2) is 26.7 Å². The number of alkyl halides is 3. The number of carbonyl (C=O) groups excluding carboxylic acids is 1. The Morgan fingerprint density at radius 3 is 2.54 bits per heavy atom. The topological polar surface area (TPSA) is 67.2 Å². The van der Waals surface area contributed by atoms with Crippen molar-refractivity contribution in [3.05, 3.63) is 47.5 Å². The van der Waals surface area contributed by atoms with Crippen molar-refractivity contribution in [1.29, 1.82) is 0 Å². The van der Waals surface area contributed by atoms with E-state index in [1.54, 1.807) is 19.1 Å². The maximum atomic E-state index is 13.4. The van der Waals surface area contributed by atoms with Gasteiger partial charge in [0.15, 0.2) is 5.82 Å². The molecule has 130 valence electrons. The van der Waals surface area contributed by atoms with Gasteiger partial charge in [-0.15, -0.1) is 0 Å². The summed E-state index contributed by atoms with van der Waals surface area (Å²) in [4.78, 5) is 15.7. The highest BCUT2D eigenvalue weighted by Crippen LogP contribution is 2.41. The normalized spacial score (nSPS) is 14.3. The van der Waals surface area contributed by atoms with Crippen molar-refractivity contribution in [3.63, 3.8) is 0 Å². The Kier molecular flexibility index (Phi) is 4.70. The van der Waals surface area contributed by atoms with E-state index >= 15 is 0 Å². The Hall–Kier alpha value is -2.35. The lowest BCUT2D eigenvalue weighted by Crippen LogP contribution is -2.46. The number of aromatic nitrogens is 2. The molecular formula is C16H18F3N3O2. The first-order chi connectivity index (χ1) is 11.1. The molecule has 0 spiro atoms. The monoisotopic (exact) mass is 341 g/mol. The number of rotatable bonds is 4. The van der Waals surface area contributed by atoms with Crippen molar-refractivity contribution in [2.75, 3.05) is 5.32 Å². The Morgan fingerprint density at radius 1 is 1.33 bits per heavy atom. The van der Waals surface area contributed by atoms with Crippen LogP contribution in [0.3, 0.4) is 0 Å². The van der Waals surface area contributed by atoms with Gasteiger partial charge in [0.1, 0.15) is 0 Å². The minimum atomic E-state index is -5.05. The largest absolute Gasteiger partial charge is 0.425 e. The Morgan fingerprint density at radius 2 is 2.00 bits per heavy atom. The number of benzene rings is 1. The summed E-state index contributed by atoms with van der Waals surface area (Å²) in [5.41, 5.74) is -1.32. The van der Waals surface area contributed by atoms with Gasteiger partial charge in [-0.2, -0.15) is 13.2 Å². The average molecular weight is 341 g/mol. The number of aliphatic hydroxyl groups is 1. The van der Waals surface area contributed by atoms with Crippen LogP contribution in [0.15, 0.2) is 30.6 Å². The van der Waals surface area contributed by atoms with E-state index in [0.29, 0.717) is 5.69 Å². The SMILES string of the molecule is Cc1cccc(NC(=O)C[C@](O)(c2nccn2C)C(F)(F)F)c1C. The summed E-state index contributed by atoms with van der Waals surface area (Å²) in [7, 11) is 1.32. The number of amides is 1. The predicted molar refractivity (Wildman–Crippen MR) is 82.3 cm³/mol. The third kappa shape index (κ3) is 3.28. The smallest absolute Gasteiger partial charge is 0.374 e. The molecule has 2 aromatic rings.